The lowest BCUT2D eigenvalue weighted by Crippen LogP contribution is -2.07. The van der Waals surface area contributed by atoms with E-state index in [2.05, 4.69) is 24.2 Å². The fourth-order valence-corrected chi connectivity index (χ4v) is 0.835. The van der Waals surface area contributed by atoms with Gasteiger partial charge in [-0.2, -0.15) is 0 Å². The molecule has 0 aromatic carbocycles. The SMILES string of the molecule is CCCCO/N=C(C)/C(C)=N/OCCCC. The van der Waals surface area contributed by atoms with E-state index < -0.39 is 0 Å². The van der Waals surface area contributed by atoms with E-state index in [0.29, 0.717) is 13.2 Å². The van der Waals surface area contributed by atoms with E-state index >= 15 is 0 Å². The zero-order valence-corrected chi connectivity index (χ0v) is 11.0. The quantitative estimate of drug-likeness (QED) is 0.345. The number of oxime groups is 2. The summed E-state index contributed by atoms with van der Waals surface area (Å²) >= 11 is 0. The van der Waals surface area contributed by atoms with E-state index in [4.69, 9.17) is 9.68 Å². The van der Waals surface area contributed by atoms with Crippen LogP contribution >= 0.6 is 0 Å². The van der Waals surface area contributed by atoms with Crippen LogP contribution in [0.15, 0.2) is 10.3 Å². The molecule has 0 amide bonds. The Morgan fingerprint density at radius 3 is 1.50 bits per heavy atom. The van der Waals surface area contributed by atoms with Crippen LogP contribution in [0.5, 0.6) is 0 Å². The molecule has 0 aromatic heterocycles. The van der Waals surface area contributed by atoms with Crippen LogP contribution in [-0.2, 0) is 9.68 Å². The van der Waals surface area contributed by atoms with Crippen molar-refractivity contribution in [1.82, 2.24) is 0 Å². The maximum Gasteiger partial charge on any atom is 0.117 e. The van der Waals surface area contributed by atoms with Crippen molar-refractivity contribution in [2.45, 2.75) is 53.4 Å². The topological polar surface area (TPSA) is 43.2 Å². The van der Waals surface area contributed by atoms with Crippen molar-refractivity contribution in [3.8, 4) is 0 Å². The molecule has 0 unspecified atom stereocenters. The largest absolute Gasteiger partial charge is 0.396 e. The van der Waals surface area contributed by atoms with Crippen LogP contribution in [0, 0.1) is 0 Å². The normalized spacial score (nSPS) is 12.8. The summed E-state index contributed by atoms with van der Waals surface area (Å²) in [6.07, 6.45) is 4.28. The highest BCUT2D eigenvalue weighted by Crippen LogP contribution is 1.93. The highest BCUT2D eigenvalue weighted by atomic mass is 16.6. The summed E-state index contributed by atoms with van der Waals surface area (Å²) in [6, 6.07) is 0. The second kappa shape index (κ2) is 10.5. The van der Waals surface area contributed by atoms with Crippen molar-refractivity contribution >= 4 is 11.4 Å². The highest BCUT2D eigenvalue weighted by molar-refractivity contribution is 6.40. The van der Waals surface area contributed by atoms with Gasteiger partial charge in [0.2, 0.25) is 0 Å². The maximum atomic E-state index is 5.14. The number of unbranched alkanes of at least 4 members (excludes halogenated alkanes) is 2. The highest BCUT2D eigenvalue weighted by Gasteiger charge is 1.98. The van der Waals surface area contributed by atoms with Gasteiger partial charge in [0.1, 0.15) is 24.6 Å². The van der Waals surface area contributed by atoms with E-state index in [1.165, 1.54) is 0 Å². The summed E-state index contributed by atoms with van der Waals surface area (Å²) in [5.41, 5.74) is 1.54. The van der Waals surface area contributed by atoms with Crippen LogP contribution in [0.3, 0.4) is 0 Å². The van der Waals surface area contributed by atoms with Crippen molar-refractivity contribution < 1.29 is 9.68 Å². The zero-order chi connectivity index (χ0) is 12.2. The van der Waals surface area contributed by atoms with Crippen LogP contribution in [-0.4, -0.2) is 24.6 Å². The fourth-order valence-electron chi connectivity index (χ4n) is 0.835. The number of nitrogens with zero attached hydrogens (tertiary/aromatic N) is 2. The first-order valence-corrected chi connectivity index (χ1v) is 6.05. The van der Waals surface area contributed by atoms with Gasteiger partial charge in [0.25, 0.3) is 0 Å². The van der Waals surface area contributed by atoms with Crippen molar-refractivity contribution in [1.29, 1.82) is 0 Å². The van der Waals surface area contributed by atoms with Gasteiger partial charge in [0.15, 0.2) is 0 Å². The van der Waals surface area contributed by atoms with Gasteiger partial charge in [0.05, 0.1) is 0 Å². The van der Waals surface area contributed by atoms with Crippen molar-refractivity contribution in [2.24, 2.45) is 10.3 Å². The number of hydrogen-bond acceptors (Lipinski definition) is 4. The molecule has 0 rings (SSSR count). The standard InChI is InChI=1S/C12H24N2O2/c1-5-7-9-15-13-11(3)12(4)14-16-10-8-6-2/h5-10H2,1-4H3/b13-11+,14-12+. The summed E-state index contributed by atoms with van der Waals surface area (Å²) in [5, 5.41) is 7.93. The monoisotopic (exact) mass is 228 g/mol. The van der Waals surface area contributed by atoms with Gasteiger partial charge < -0.3 is 9.68 Å². The van der Waals surface area contributed by atoms with E-state index in [9.17, 15) is 0 Å². The summed E-state index contributed by atoms with van der Waals surface area (Å²) in [5.74, 6) is 0. The third-order valence-corrected chi connectivity index (χ3v) is 2.10. The Labute approximate surface area is 98.7 Å². The lowest BCUT2D eigenvalue weighted by atomic mass is 10.3. The Morgan fingerprint density at radius 1 is 0.812 bits per heavy atom. The third-order valence-electron chi connectivity index (χ3n) is 2.10. The van der Waals surface area contributed by atoms with Crippen LogP contribution in [0.1, 0.15) is 53.4 Å². The van der Waals surface area contributed by atoms with E-state index in [1.54, 1.807) is 0 Å². The minimum atomic E-state index is 0.664. The van der Waals surface area contributed by atoms with Crippen LogP contribution in [0.25, 0.3) is 0 Å². The Bertz CT molecular complexity index is 201. The smallest absolute Gasteiger partial charge is 0.117 e. The molecule has 0 aromatic rings. The molecule has 0 spiro atoms. The Balaban J connectivity index is 3.81. The van der Waals surface area contributed by atoms with E-state index in [-0.39, 0.29) is 0 Å². The molecule has 0 bridgehead atoms. The summed E-state index contributed by atoms with van der Waals surface area (Å²) < 4.78 is 0. The van der Waals surface area contributed by atoms with Crippen LogP contribution in [0.4, 0.5) is 0 Å². The van der Waals surface area contributed by atoms with Crippen molar-refractivity contribution in [3.63, 3.8) is 0 Å². The van der Waals surface area contributed by atoms with E-state index in [1.807, 2.05) is 13.8 Å². The molecule has 0 saturated heterocycles. The average Bonchev–Trinajstić information content (AvgIpc) is 2.29. The van der Waals surface area contributed by atoms with Gasteiger partial charge in [-0.05, 0) is 26.7 Å². The van der Waals surface area contributed by atoms with Crippen molar-refractivity contribution in [3.05, 3.63) is 0 Å². The molecule has 4 nitrogen and oxygen atoms in total. The average molecular weight is 228 g/mol. The second-order valence-corrected chi connectivity index (χ2v) is 3.73. The first kappa shape index (κ1) is 14.9. The summed E-state index contributed by atoms with van der Waals surface area (Å²) in [6.45, 7) is 9.31. The Kier molecular flexibility index (Phi) is 9.76. The molecule has 94 valence electrons. The number of rotatable bonds is 9. The Morgan fingerprint density at radius 2 is 1.19 bits per heavy atom. The van der Waals surface area contributed by atoms with Gasteiger partial charge in [0, 0.05) is 0 Å². The third kappa shape index (κ3) is 8.26. The molecule has 0 radical (unpaired) electrons. The van der Waals surface area contributed by atoms with Gasteiger partial charge >= 0.3 is 0 Å². The zero-order valence-electron chi connectivity index (χ0n) is 11.0. The van der Waals surface area contributed by atoms with Crippen LogP contribution in [0.2, 0.25) is 0 Å². The minimum absolute atomic E-state index is 0.664. The Hall–Kier alpha value is -1.06. The van der Waals surface area contributed by atoms with Gasteiger partial charge in [-0.1, -0.05) is 37.0 Å². The molecular weight excluding hydrogens is 204 g/mol. The molecular formula is C12H24N2O2. The molecule has 0 N–H and O–H groups in total. The summed E-state index contributed by atoms with van der Waals surface area (Å²) in [4.78, 5) is 10.3. The fraction of sp³-hybridized carbons (Fsp3) is 0.833. The van der Waals surface area contributed by atoms with Gasteiger partial charge in [-0.15, -0.1) is 0 Å². The molecule has 0 heterocycles. The van der Waals surface area contributed by atoms with Crippen molar-refractivity contribution in [2.75, 3.05) is 13.2 Å². The van der Waals surface area contributed by atoms with E-state index in [0.717, 1.165) is 37.1 Å². The van der Waals surface area contributed by atoms with Gasteiger partial charge in [-0.25, -0.2) is 0 Å². The minimum Gasteiger partial charge on any atom is -0.396 e. The lowest BCUT2D eigenvalue weighted by molar-refractivity contribution is 0.138. The van der Waals surface area contributed by atoms with Crippen LogP contribution < -0.4 is 0 Å². The maximum absolute atomic E-state index is 5.14. The first-order valence-electron chi connectivity index (χ1n) is 6.05. The van der Waals surface area contributed by atoms with Gasteiger partial charge in [-0.3, -0.25) is 0 Å². The molecule has 0 fully saturated rings. The molecule has 4 heteroatoms. The molecule has 16 heavy (non-hydrogen) atoms. The molecule has 0 saturated carbocycles. The summed E-state index contributed by atoms with van der Waals surface area (Å²) in [7, 11) is 0. The first-order chi connectivity index (χ1) is 7.72. The lowest BCUT2D eigenvalue weighted by Gasteiger charge is -2.02. The predicted octanol–water partition coefficient (Wildman–Crippen LogP) is 3.37. The number of hydrogen-bond donors (Lipinski definition) is 0. The second-order valence-electron chi connectivity index (χ2n) is 3.73. The molecule has 0 aliphatic rings. The predicted molar refractivity (Wildman–Crippen MR) is 67.9 cm³/mol. The molecule has 0 atom stereocenters. The molecule has 0 aliphatic carbocycles. The molecule has 0 aliphatic heterocycles.